The maximum atomic E-state index is 12.9. The lowest BCUT2D eigenvalue weighted by Gasteiger charge is -2.42. The monoisotopic (exact) mass is 349 g/mol. The minimum absolute atomic E-state index is 0.0612. The van der Waals surface area contributed by atoms with Crippen molar-refractivity contribution in [1.82, 2.24) is 14.6 Å². The summed E-state index contributed by atoms with van der Waals surface area (Å²) >= 11 is 0. The number of amides is 1. The Morgan fingerprint density at radius 2 is 2.00 bits per heavy atom. The number of hydrogen-bond acceptors (Lipinski definition) is 4. The molecule has 6 nitrogen and oxygen atoms in total. The van der Waals surface area contributed by atoms with Crippen LogP contribution in [0.2, 0.25) is 0 Å². The number of likely N-dealkylation sites (tertiary alicyclic amines) is 1. The van der Waals surface area contributed by atoms with Crippen molar-refractivity contribution in [2.75, 3.05) is 13.1 Å². The Labute approximate surface area is 150 Å². The molecular weight excluding hydrogens is 330 g/mol. The number of pyridine rings is 1. The van der Waals surface area contributed by atoms with Crippen molar-refractivity contribution in [1.29, 1.82) is 0 Å². The minimum Gasteiger partial charge on any atom is -0.356 e. The summed E-state index contributed by atoms with van der Waals surface area (Å²) in [7, 11) is 0. The lowest BCUT2D eigenvalue weighted by atomic mass is 9.83. The summed E-state index contributed by atoms with van der Waals surface area (Å²) in [5.74, 6) is 0.638. The van der Waals surface area contributed by atoms with Crippen LogP contribution >= 0.6 is 0 Å². The molecule has 1 fully saturated rings. The molecule has 3 aromatic rings. The Bertz CT molecular complexity index is 1050. The van der Waals surface area contributed by atoms with Gasteiger partial charge in [-0.05, 0) is 30.5 Å². The van der Waals surface area contributed by atoms with Gasteiger partial charge in [0, 0.05) is 42.7 Å². The standard InChI is InChI=1S/C20H19N3O3/c24-19-7-3-5-17-14-8-13(11-23(17)19)10-22(12-14)20(25)9-16-15-4-1-2-6-18(15)26-21-16/h1-7,13-14H,8-12H2/t13-,14+/m0/s1. The molecule has 2 aromatic heterocycles. The van der Waals surface area contributed by atoms with E-state index in [-0.39, 0.29) is 23.8 Å². The third-order valence-electron chi connectivity index (χ3n) is 5.60. The van der Waals surface area contributed by atoms with Crippen molar-refractivity contribution < 1.29 is 9.32 Å². The molecule has 26 heavy (non-hydrogen) atoms. The van der Waals surface area contributed by atoms with E-state index in [1.165, 1.54) is 0 Å². The summed E-state index contributed by atoms with van der Waals surface area (Å²) in [6.45, 7) is 2.06. The maximum absolute atomic E-state index is 12.9. The molecular formula is C20H19N3O3. The lowest BCUT2D eigenvalue weighted by molar-refractivity contribution is -0.133. The number of aromatic nitrogens is 2. The minimum atomic E-state index is 0.0612. The van der Waals surface area contributed by atoms with Gasteiger partial charge in [0.2, 0.25) is 5.91 Å². The van der Waals surface area contributed by atoms with E-state index < -0.39 is 0 Å². The highest BCUT2D eigenvalue weighted by Crippen LogP contribution is 2.35. The first-order chi connectivity index (χ1) is 12.7. The number of hydrogen-bond donors (Lipinski definition) is 0. The molecule has 0 aliphatic carbocycles. The second-order valence-electron chi connectivity index (χ2n) is 7.30. The van der Waals surface area contributed by atoms with Crippen LogP contribution < -0.4 is 5.56 Å². The fraction of sp³-hybridized carbons (Fsp3) is 0.350. The van der Waals surface area contributed by atoms with Crippen molar-refractivity contribution in [3.05, 3.63) is 64.2 Å². The van der Waals surface area contributed by atoms with Crippen LogP contribution in [0, 0.1) is 5.92 Å². The summed E-state index contributed by atoms with van der Waals surface area (Å²) in [5.41, 5.74) is 2.52. The number of para-hydroxylation sites is 1. The van der Waals surface area contributed by atoms with E-state index in [1.807, 2.05) is 45.9 Å². The molecule has 2 aliphatic heterocycles. The Balaban J connectivity index is 1.39. The van der Waals surface area contributed by atoms with Crippen LogP contribution in [0.3, 0.4) is 0 Å². The molecule has 6 heteroatoms. The van der Waals surface area contributed by atoms with Crippen molar-refractivity contribution in [3.63, 3.8) is 0 Å². The van der Waals surface area contributed by atoms with Crippen LogP contribution in [-0.2, 0) is 17.8 Å². The van der Waals surface area contributed by atoms with E-state index in [1.54, 1.807) is 6.07 Å². The van der Waals surface area contributed by atoms with Crippen LogP contribution in [0.15, 0.2) is 51.8 Å². The Hall–Kier alpha value is -2.89. The van der Waals surface area contributed by atoms with E-state index in [0.717, 1.165) is 17.5 Å². The SMILES string of the molecule is O=C(Cc1noc2ccccc12)N1C[C@@H]2C[C@H](C1)c1cccc(=O)n1C2. The molecule has 0 unspecified atom stereocenters. The highest BCUT2D eigenvalue weighted by molar-refractivity contribution is 5.86. The van der Waals surface area contributed by atoms with Crippen LogP contribution in [0.25, 0.3) is 11.0 Å². The van der Waals surface area contributed by atoms with E-state index in [2.05, 4.69) is 5.16 Å². The van der Waals surface area contributed by atoms with Gasteiger partial charge in [-0.3, -0.25) is 9.59 Å². The van der Waals surface area contributed by atoms with Gasteiger partial charge in [-0.1, -0.05) is 23.4 Å². The first kappa shape index (κ1) is 15.4. The molecule has 0 saturated carbocycles. The van der Waals surface area contributed by atoms with Gasteiger partial charge >= 0.3 is 0 Å². The Kier molecular flexibility index (Phi) is 3.45. The first-order valence-corrected chi connectivity index (χ1v) is 9.00. The summed E-state index contributed by atoms with van der Waals surface area (Å²) in [4.78, 5) is 26.9. The van der Waals surface area contributed by atoms with Crippen molar-refractivity contribution >= 4 is 16.9 Å². The second-order valence-corrected chi connectivity index (χ2v) is 7.30. The molecule has 2 bridgehead atoms. The first-order valence-electron chi connectivity index (χ1n) is 9.00. The highest BCUT2D eigenvalue weighted by atomic mass is 16.5. The Morgan fingerprint density at radius 1 is 1.12 bits per heavy atom. The van der Waals surface area contributed by atoms with Gasteiger partial charge in [-0.25, -0.2) is 0 Å². The van der Waals surface area contributed by atoms with E-state index in [0.29, 0.717) is 36.8 Å². The van der Waals surface area contributed by atoms with Crippen molar-refractivity contribution in [2.24, 2.45) is 5.92 Å². The molecule has 0 N–H and O–H groups in total. The van der Waals surface area contributed by atoms with Crippen molar-refractivity contribution in [3.8, 4) is 0 Å². The predicted octanol–water partition coefficient (Wildman–Crippen LogP) is 2.18. The predicted molar refractivity (Wildman–Crippen MR) is 95.8 cm³/mol. The van der Waals surface area contributed by atoms with Gasteiger partial charge in [0.1, 0.15) is 5.69 Å². The number of nitrogens with zero attached hydrogens (tertiary/aromatic N) is 3. The molecule has 1 aromatic carbocycles. The van der Waals surface area contributed by atoms with Crippen LogP contribution in [0.1, 0.15) is 23.7 Å². The molecule has 132 valence electrons. The van der Waals surface area contributed by atoms with Gasteiger partial charge < -0.3 is 14.0 Å². The number of carbonyl (C=O) groups is 1. The van der Waals surface area contributed by atoms with Crippen LogP contribution in [0.4, 0.5) is 0 Å². The molecule has 0 radical (unpaired) electrons. The zero-order valence-electron chi connectivity index (χ0n) is 14.3. The largest absolute Gasteiger partial charge is 0.356 e. The van der Waals surface area contributed by atoms with Gasteiger partial charge in [0.15, 0.2) is 5.58 Å². The summed E-state index contributed by atoms with van der Waals surface area (Å²) in [6.07, 6.45) is 1.29. The maximum Gasteiger partial charge on any atom is 0.250 e. The van der Waals surface area contributed by atoms with E-state index in [4.69, 9.17) is 4.52 Å². The quantitative estimate of drug-likeness (QED) is 0.711. The number of rotatable bonds is 2. The molecule has 1 saturated heterocycles. The number of carbonyl (C=O) groups excluding carboxylic acids is 1. The van der Waals surface area contributed by atoms with Crippen LogP contribution in [-0.4, -0.2) is 33.6 Å². The zero-order chi connectivity index (χ0) is 17.7. The van der Waals surface area contributed by atoms with Crippen molar-refractivity contribution in [2.45, 2.75) is 25.3 Å². The summed E-state index contributed by atoms with van der Waals surface area (Å²) in [5, 5.41) is 4.98. The third kappa shape index (κ3) is 2.44. The Morgan fingerprint density at radius 3 is 2.92 bits per heavy atom. The summed E-state index contributed by atoms with van der Waals surface area (Å²) < 4.78 is 7.19. The average molecular weight is 349 g/mol. The average Bonchev–Trinajstić information content (AvgIpc) is 3.05. The molecule has 4 heterocycles. The molecule has 0 spiro atoms. The highest BCUT2D eigenvalue weighted by Gasteiger charge is 2.36. The number of benzene rings is 1. The van der Waals surface area contributed by atoms with E-state index >= 15 is 0 Å². The van der Waals surface area contributed by atoms with Gasteiger partial charge in [0.25, 0.3) is 5.56 Å². The normalized spacial score (nSPS) is 21.6. The van der Waals surface area contributed by atoms with Gasteiger partial charge in [0.05, 0.1) is 6.42 Å². The molecule has 2 aliphatic rings. The molecule has 2 atom stereocenters. The fourth-order valence-corrected chi connectivity index (χ4v) is 4.42. The third-order valence-corrected chi connectivity index (χ3v) is 5.60. The second kappa shape index (κ2) is 5.83. The number of fused-ring (bicyclic) bond motifs is 5. The summed E-state index contributed by atoms with van der Waals surface area (Å²) in [6, 6.07) is 13.1. The topological polar surface area (TPSA) is 68.3 Å². The number of piperidine rings is 1. The van der Waals surface area contributed by atoms with Gasteiger partial charge in [-0.2, -0.15) is 0 Å². The van der Waals surface area contributed by atoms with E-state index in [9.17, 15) is 9.59 Å². The zero-order valence-corrected chi connectivity index (χ0v) is 14.3. The van der Waals surface area contributed by atoms with Gasteiger partial charge in [-0.15, -0.1) is 0 Å². The molecule has 1 amide bonds. The lowest BCUT2D eigenvalue weighted by Crippen LogP contribution is -2.49. The smallest absolute Gasteiger partial charge is 0.250 e. The fourth-order valence-electron chi connectivity index (χ4n) is 4.42. The van der Waals surface area contributed by atoms with Crippen LogP contribution in [0.5, 0.6) is 0 Å². The molecule has 5 rings (SSSR count).